The smallest absolute Gasteiger partial charge is 0.170 e. The van der Waals surface area contributed by atoms with Gasteiger partial charge < -0.3 is 14.9 Å². The maximum Gasteiger partial charge on any atom is 0.170 e. The lowest BCUT2D eigenvalue weighted by Gasteiger charge is -2.44. The third kappa shape index (κ3) is 5.35. The van der Waals surface area contributed by atoms with Crippen LogP contribution in [0.25, 0.3) is 28.2 Å². The van der Waals surface area contributed by atoms with Gasteiger partial charge in [0.1, 0.15) is 12.2 Å². The number of aromatic nitrogens is 4. The lowest BCUT2D eigenvalue weighted by molar-refractivity contribution is 0.107. The highest BCUT2D eigenvalue weighted by molar-refractivity contribution is 5.88. The summed E-state index contributed by atoms with van der Waals surface area (Å²) in [6, 6.07) is 27.0. The summed E-state index contributed by atoms with van der Waals surface area (Å²) in [5.74, 6) is 1.58. The quantitative estimate of drug-likeness (QED) is 0.270. The Hall–Kier alpha value is -4.27. The third-order valence-corrected chi connectivity index (χ3v) is 8.46. The Bertz CT molecular complexity index is 1640. The number of aryl methyl sites for hydroxylation is 1. The molecule has 42 heavy (non-hydrogen) atoms. The standard InChI is InChI=1S/C34H39N7O/c1-24-12-11-17-29(26(24)3)39-18-20-40(21-19-39)30(22-25(2)42)38(4)33-31-34(36-23-35-33)41(28-15-9-6-10-16-28)32(37-31)27-13-7-5-8-14-27/h5-17,23,25,30,42H,18-22H2,1-4H3. The molecule has 0 aliphatic carbocycles. The van der Waals surface area contributed by atoms with Crippen LogP contribution in [0.15, 0.2) is 85.2 Å². The molecule has 3 aromatic carbocycles. The van der Waals surface area contributed by atoms with E-state index in [1.54, 1.807) is 6.33 Å². The number of benzene rings is 3. The highest BCUT2D eigenvalue weighted by Gasteiger charge is 2.31. The van der Waals surface area contributed by atoms with E-state index >= 15 is 0 Å². The first-order valence-electron chi connectivity index (χ1n) is 14.7. The molecule has 5 aromatic rings. The van der Waals surface area contributed by atoms with E-state index in [1.165, 1.54) is 16.8 Å². The van der Waals surface area contributed by atoms with Crippen molar-refractivity contribution in [3.8, 4) is 17.1 Å². The van der Waals surface area contributed by atoms with Gasteiger partial charge in [-0.25, -0.2) is 15.0 Å². The van der Waals surface area contributed by atoms with Gasteiger partial charge in [-0.3, -0.25) is 9.47 Å². The Morgan fingerprint density at radius 1 is 0.857 bits per heavy atom. The van der Waals surface area contributed by atoms with Crippen LogP contribution in [0.3, 0.4) is 0 Å². The van der Waals surface area contributed by atoms with E-state index in [1.807, 2.05) is 43.3 Å². The highest BCUT2D eigenvalue weighted by Crippen LogP contribution is 2.33. The second-order valence-electron chi connectivity index (χ2n) is 11.3. The maximum atomic E-state index is 10.6. The Morgan fingerprint density at radius 3 is 2.24 bits per heavy atom. The molecule has 0 saturated carbocycles. The van der Waals surface area contributed by atoms with Gasteiger partial charge in [0.25, 0.3) is 0 Å². The number of anilines is 2. The van der Waals surface area contributed by atoms with Gasteiger partial charge in [-0.2, -0.15) is 0 Å². The van der Waals surface area contributed by atoms with Crippen molar-refractivity contribution in [2.75, 3.05) is 43.0 Å². The van der Waals surface area contributed by atoms with Crippen LogP contribution in [0.1, 0.15) is 24.5 Å². The van der Waals surface area contributed by atoms with Crippen LogP contribution in [0.4, 0.5) is 11.5 Å². The first-order valence-corrected chi connectivity index (χ1v) is 14.7. The van der Waals surface area contributed by atoms with E-state index < -0.39 is 6.10 Å². The van der Waals surface area contributed by atoms with Crippen LogP contribution in [0.2, 0.25) is 0 Å². The molecule has 0 bridgehead atoms. The average molecular weight is 562 g/mol. The molecule has 1 fully saturated rings. The van der Waals surface area contributed by atoms with E-state index in [0.29, 0.717) is 6.42 Å². The number of hydrogen-bond acceptors (Lipinski definition) is 7. The average Bonchev–Trinajstić information content (AvgIpc) is 3.42. The fourth-order valence-electron chi connectivity index (χ4n) is 6.08. The number of nitrogens with zero attached hydrogens (tertiary/aromatic N) is 7. The van der Waals surface area contributed by atoms with Gasteiger partial charge in [-0.15, -0.1) is 0 Å². The Kier molecular flexibility index (Phi) is 7.91. The number of piperazine rings is 1. The minimum atomic E-state index is -0.464. The van der Waals surface area contributed by atoms with Crippen molar-refractivity contribution in [3.05, 3.63) is 96.3 Å². The van der Waals surface area contributed by atoms with Crippen molar-refractivity contribution >= 4 is 22.7 Å². The molecule has 3 heterocycles. The molecule has 1 aliphatic heterocycles. The van der Waals surface area contributed by atoms with E-state index in [9.17, 15) is 5.11 Å². The SMILES string of the molecule is Cc1cccc(N2CCN(C(CC(C)O)N(C)c3ncnc4c3nc(-c3ccccc3)n4-c3ccccc3)CC2)c1C. The molecule has 0 spiro atoms. The summed E-state index contributed by atoms with van der Waals surface area (Å²) < 4.78 is 2.11. The van der Waals surface area contributed by atoms with Gasteiger partial charge in [0.15, 0.2) is 17.0 Å². The number of hydrogen-bond donors (Lipinski definition) is 1. The van der Waals surface area contributed by atoms with Crippen LogP contribution >= 0.6 is 0 Å². The summed E-state index contributed by atoms with van der Waals surface area (Å²) in [4.78, 5) is 21.8. The molecular formula is C34H39N7O. The monoisotopic (exact) mass is 561 g/mol. The molecule has 8 heteroatoms. The van der Waals surface area contributed by atoms with Gasteiger partial charge in [0.05, 0.1) is 12.3 Å². The number of para-hydroxylation sites is 1. The molecule has 8 nitrogen and oxygen atoms in total. The number of aliphatic hydroxyl groups is 1. The van der Waals surface area contributed by atoms with Gasteiger partial charge in [-0.05, 0) is 50.1 Å². The molecule has 1 aliphatic rings. The summed E-state index contributed by atoms with van der Waals surface area (Å²) >= 11 is 0. The Balaban J connectivity index is 1.36. The molecule has 1 saturated heterocycles. The Labute approximate surface area is 247 Å². The van der Waals surface area contributed by atoms with Crippen LogP contribution in [0, 0.1) is 13.8 Å². The summed E-state index contributed by atoms with van der Waals surface area (Å²) in [5.41, 5.74) is 7.48. The molecule has 6 rings (SSSR count). The molecular weight excluding hydrogens is 522 g/mol. The van der Waals surface area contributed by atoms with E-state index in [4.69, 9.17) is 15.0 Å². The Morgan fingerprint density at radius 2 is 1.55 bits per heavy atom. The van der Waals surface area contributed by atoms with Crippen LogP contribution in [-0.4, -0.2) is 75.0 Å². The number of imidazole rings is 1. The second-order valence-corrected chi connectivity index (χ2v) is 11.3. The molecule has 216 valence electrons. The molecule has 0 radical (unpaired) electrons. The fraction of sp³-hybridized carbons (Fsp3) is 0.324. The lowest BCUT2D eigenvalue weighted by atomic mass is 10.1. The minimum absolute atomic E-state index is 0.0501. The normalized spacial score (nSPS) is 15.6. The van der Waals surface area contributed by atoms with E-state index in [0.717, 1.165) is 60.2 Å². The largest absolute Gasteiger partial charge is 0.393 e. The highest BCUT2D eigenvalue weighted by atomic mass is 16.3. The van der Waals surface area contributed by atoms with Crippen LogP contribution in [-0.2, 0) is 0 Å². The number of rotatable bonds is 8. The van der Waals surface area contributed by atoms with Gasteiger partial charge in [0, 0.05) is 56.6 Å². The predicted octanol–water partition coefficient (Wildman–Crippen LogP) is 5.45. The van der Waals surface area contributed by atoms with Crippen molar-refractivity contribution < 1.29 is 5.11 Å². The summed E-state index contributed by atoms with van der Waals surface area (Å²) in [7, 11) is 2.07. The first kappa shape index (κ1) is 27.9. The summed E-state index contributed by atoms with van der Waals surface area (Å²) in [6.45, 7) is 9.87. The molecule has 2 unspecified atom stereocenters. The molecule has 1 N–H and O–H groups in total. The van der Waals surface area contributed by atoms with E-state index in [-0.39, 0.29) is 6.17 Å². The zero-order valence-corrected chi connectivity index (χ0v) is 24.9. The van der Waals surface area contributed by atoms with Gasteiger partial charge >= 0.3 is 0 Å². The molecule has 2 atom stereocenters. The van der Waals surface area contributed by atoms with Crippen LogP contribution in [0.5, 0.6) is 0 Å². The van der Waals surface area contributed by atoms with Crippen molar-refractivity contribution in [1.29, 1.82) is 0 Å². The van der Waals surface area contributed by atoms with Crippen molar-refractivity contribution in [3.63, 3.8) is 0 Å². The number of aliphatic hydroxyl groups excluding tert-OH is 1. The topological polar surface area (TPSA) is 73.6 Å². The predicted molar refractivity (Wildman–Crippen MR) is 170 cm³/mol. The summed E-state index contributed by atoms with van der Waals surface area (Å²) in [6.07, 6.45) is 1.71. The lowest BCUT2D eigenvalue weighted by Crippen LogP contribution is -2.56. The maximum absolute atomic E-state index is 10.6. The number of fused-ring (bicyclic) bond motifs is 1. The third-order valence-electron chi connectivity index (χ3n) is 8.46. The molecule has 0 amide bonds. The zero-order chi connectivity index (χ0) is 29.2. The fourth-order valence-corrected chi connectivity index (χ4v) is 6.08. The zero-order valence-electron chi connectivity index (χ0n) is 24.9. The second kappa shape index (κ2) is 11.9. The van der Waals surface area contributed by atoms with Gasteiger partial charge in [0.2, 0.25) is 0 Å². The summed E-state index contributed by atoms with van der Waals surface area (Å²) in [5, 5.41) is 10.6. The van der Waals surface area contributed by atoms with Crippen molar-refractivity contribution in [1.82, 2.24) is 24.4 Å². The van der Waals surface area contributed by atoms with Crippen LogP contribution < -0.4 is 9.80 Å². The first-order chi connectivity index (χ1) is 20.4. The van der Waals surface area contributed by atoms with Crippen molar-refractivity contribution in [2.24, 2.45) is 0 Å². The van der Waals surface area contributed by atoms with Gasteiger partial charge in [-0.1, -0.05) is 60.7 Å². The van der Waals surface area contributed by atoms with E-state index in [2.05, 4.69) is 82.6 Å². The minimum Gasteiger partial charge on any atom is -0.393 e. The molecule has 2 aromatic heterocycles. The van der Waals surface area contributed by atoms with Crippen molar-refractivity contribution in [2.45, 2.75) is 39.5 Å².